The molecule has 0 spiro atoms. The van der Waals surface area contributed by atoms with Gasteiger partial charge in [-0.25, -0.2) is 4.98 Å². The van der Waals surface area contributed by atoms with Crippen molar-refractivity contribution in [3.8, 4) is 39.7 Å². The van der Waals surface area contributed by atoms with E-state index in [4.69, 9.17) is 15.2 Å². The summed E-state index contributed by atoms with van der Waals surface area (Å²) < 4.78 is 0. The molecule has 252 valence electrons. The molecule has 1 heterocycles. The lowest BCUT2D eigenvalue weighted by atomic mass is 9.78. The molecule has 1 aromatic heterocycles. The lowest BCUT2D eigenvalue weighted by Gasteiger charge is -2.28. The molecule has 0 aliphatic rings. The third-order valence-corrected chi connectivity index (χ3v) is 7.73. The molecular formula is C37H42N4O7. The number of benzene rings is 3. The number of aromatic hydroxyl groups is 1. The first-order valence-corrected chi connectivity index (χ1v) is 15.6. The predicted molar refractivity (Wildman–Crippen MR) is 185 cm³/mol. The van der Waals surface area contributed by atoms with Crippen molar-refractivity contribution in [1.82, 2.24) is 9.97 Å². The van der Waals surface area contributed by atoms with E-state index in [-0.39, 0.29) is 42.3 Å². The molecule has 0 aliphatic carbocycles. The number of imidazole rings is 1. The average molecular weight is 655 g/mol. The molecular weight excluding hydrogens is 612 g/mol. The van der Waals surface area contributed by atoms with E-state index in [1.54, 1.807) is 24.3 Å². The zero-order valence-electron chi connectivity index (χ0n) is 28.0. The summed E-state index contributed by atoms with van der Waals surface area (Å²) in [6, 6.07) is 18.1. The van der Waals surface area contributed by atoms with Gasteiger partial charge < -0.3 is 30.9 Å². The quantitative estimate of drug-likeness (QED) is 0.0972. The highest BCUT2D eigenvalue weighted by molar-refractivity contribution is 5.94. The molecule has 6 N–H and O–H groups in total. The third kappa shape index (κ3) is 8.87. The standard InChI is InChI=1S/C37H42N4O7/c1-36(2,3)26-19-23(20-27(34(26)48)37(4,5)6)35-40-32(21-7-11-24(12-8-21)38-28(42)15-17-30(44)45)33(41-35)22-9-13-25(14-10-22)39-29(43)16-18-31(46)47/h7-14,19-20,48H,15-18H2,1-6H3,(H,38,42)(H,39,43)(H,40,41)(H,44,45)(H,46,47). The minimum Gasteiger partial charge on any atom is -0.507 e. The van der Waals surface area contributed by atoms with Crippen molar-refractivity contribution < 1.29 is 34.5 Å². The van der Waals surface area contributed by atoms with Crippen molar-refractivity contribution in [2.24, 2.45) is 0 Å². The number of phenols is 1. The number of carbonyl (C=O) groups excluding carboxylic acids is 2. The van der Waals surface area contributed by atoms with E-state index in [1.165, 1.54) is 0 Å². The van der Waals surface area contributed by atoms with Gasteiger partial charge in [0.25, 0.3) is 0 Å². The second-order valence-electron chi connectivity index (χ2n) is 13.8. The molecule has 2 amide bonds. The Morgan fingerprint density at radius 3 is 1.46 bits per heavy atom. The number of nitrogens with zero attached hydrogens (tertiary/aromatic N) is 1. The van der Waals surface area contributed by atoms with Gasteiger partial charge in [0, 0.05) is 52.0 Å². The van der Waals surface area contributed by atoms with E-state index in [9.17, 15) is 24.3 Å². The molecule has 0 atom stereocenters. The summed E-state index contributed by atoms with van der Waals surface area (Å²) >= 11 is 0. The molecule has 0 unspecified atom stereocenters. The normalized spacial score (nSPS) is 11.6. The van der Waals surface area contributed by atoms with Crippen LogP contribution in [0.1, 0.15) is 78.4 Å². The van der Waals surface area contributed by atoms with Crippen molar-refractivity contribution in [1.29, 1.82) is 0 Å². The number of carbonyl (C=O) groups is 4. The highest BCUT2D eigenvalue weighted by atomic mass is 16.4. The first kappa shape index (κ1) is 35.4. The number of amides is 2. The number of hydrogen-bond donors (Lipinski definition) is 6. The van der Waals surface area contributed by atoms with E-state index in [0.29, 0.717) is 28.6 Å². The molecule has 4 rings (SSSR count). The first-order chi connectivity index (χ1) is 22.4. The minimum absolute atomic E-state index is 0.138. The van der Waals surface area contributed by atoms with Crippen LogP contribution in [0.3, 0.4) is 0 Å². The number of carboxylic acids is 2. The van der Waals surface area contributed by atoms with Crippen molar-refractivity contribution in [3.05, 3.63) is 71.8 Å². The summed E-state index contributed by atoms with van der Waals surface area (Å²) in [6.45, 7) is 12.3. The fraction of sp³-hybridized carbons (Fsp3) is 0.324. The summed E-state index contributed by atoms with van der Waals surface area (Å²) in [7, 11) is 0. The molecule has 0 radical (unpaired) electrons. The van der Waals surface area contributed by atoms with Crippen molar-refractivity contribution in [2.45, 2.75) is 78.1 Å². The molecule has 11 nitrogen and oxygen atoms in total. The van der Waals surface area contributed by atoms with Gasteiger partial charge in [-0.2, -0.15) is 0 Å². The number of anilines is 2. The summed E-state index contributed by atoms with van der Waals surface area (Å²) in [5.74, 6) is -2.06. The van der Waals surface area contributed by atoms with Gasteiger partial charge in [0.1, 0.15) is 11.6 Å². The number of phenolic OH excluding ortho intramolecular Hbond substituents is 1. The zero-order valence-corrected chi connectivity index (χ0v) is 28.0. The molecule has 0 bridgehead atoms. The van der Waals surface area contributed by atoms with E-state index < -0.39 is 23.8 Å². The molecule has 4 aromatic rings. The average Bonchev–Trinajstić information content (AvgIpc) is 3.44. The van der Waals surface area contributed by atoms with Crippen LogP contribution >= 0.6 is 0 Å². The summed E-state index contributed by atoms with van der Waals surface area (Å²) in [6.07, 6.45) is -0.806. The highest BCUT2D eigenvalue weighted by Crippen LogP contribution is 2.43. The Kier molecular flexibility index (Phi) is 10.4. The molecule has 0 saturated carbocycles. The Morgan fingerprint density at radius 1 is 0.646 bits per heavy atom. The maximum Gasteiger partial charge on any atom is 0.303 e. The van der Waals surface area contributed by atoms with E-state index in [1.807, 2.05) is 77.9 Å². The number of aliphatic carboxylic acids is 2. The fourth-order valence-corrected chi connectivity index (χ4v) is 5.16. The third-order valence-electron chi connectivity index (χ3n) is 7.73. The first-order valence-electron chi connectivity index (χ1n) is 15.6. The maximum atomic E-state index is 12.2. The molecule has 3 aromatic carbocycles. The van der Waals surface area contributed by atoms with Gasteiger partial charge in [0.2, 0.25) is 11.8 Å². The van der Waals surface area contributed by atoms with Crippen LogP contribution in [0.25, 0.3) is 33.9 Å². The lowest BCUT2D eigenvalue weighted by Crippen LogP contribution is -2.17. The number of aromatic nitrogens is 2. The van der Waals surface area contributed by atoms with Crippen LogP contribution in [-0.2, 0) is 30.0 Å². The lowest BCUT2D eigenvalue weighted by molar-refractivity contribution is -0.138. The Balaban J connectivity index is 1.78. The number of nitrogens with one attached hydrogen (secondary N) is 3. The minimum atomic E-state index is -1.05. The predicted octanol–water partition coefficient (Wildman–Crippen LogP) is 7.32. The van der Waals surface area contributed by atoms with Gasteiger partial charge in [0.15, 0.2) is 0 Å². The van der Waals surface area contributed by atoms with Crippen LogP contribution in [0.2, 0.25) is 0 Å². The number of carboxylic acid groups (broad SMARTS) is 2. The number of rotatable bonds is 11. The van der Waals surface area contributed by atoms with E-state index in [2.05, 4.69) is 15.6 Å². The molecule has 0 fully saturated rings. The smallest absolute Gasteiger partial charge is 0.303 e. The van der Waals surface area contributed by atoms with Crippen LogP contribution in [0.15, 0.2) is 60.7 Å². The highest BCUT2D eigenvalue weighted by Gasteiger charge is 2.28. The molecule has 0 aliphatic heterocycles. The maximum absolute atomic E-state index is 12.2. The molecule has 0 saturated heterocycles. The van der Waals surface area contributed by atoms with Gasteiger partial charge in [-0.15, -0.1) is 0 Å². The van der Waals surface area contributed by atoms with Crippen molar-refractivity contribution >= 4 is 35.1 Å². The van der Waals surface area contributed by atoms with Gasteiger partial charge >= 0.3 is 11.9 Å². The Hall–Kier alpha value is -5.45. The second kappa shape index (κ2) is 14.1. The Morgan fingerprint density at radius 2 is 1.06 bits per heavy atom. The molecule has 11 heteroatoms. The number of aromatic amines is 1. The second-order valence-corrected chi connectivity index (χ2v) is 13.8. The summed E-state index contributed by atoms with van der Waals surface area (Å²) in [5, 5.41) is 34.5. The van der Waals surface area contributed by atoms with Crippen LogP contribution in [0.4, 0.5) is 11.4 Å². The summed E-state index contributed by atoms with van der Waals surface area (Å²) in [5.41, 5.74) is 5.51. The van der Waals surface area contributed by atoms with Crippen LogP contribution in [0.5, 0.6) is 5.75 Å². The van der Waals surface area contributed by atoms with Gasteiger partial charge in [-0.3, -0.25) is 19.2 Å². The number of hydrogen-bond acceptors (Lipinski definition) is 6. The van der Waals surface area contributed by atoms with E-state index in [0.717, 1.165) is 27.8 Å². The molecule has 48 heavy (non-hydrogen) atoms. The largest absolute Gasteiger partial charge is 0.507 e. The zero-order chi connectivity index (χ0) is 35.4. The Labute approximate surface area is 279 Å². The van der Waals surface area contributed by atoms with Crippen LogP contribution in [-0.4, -0.2) is 49.0 Å². The van der Waals surface area contributed by atoms with Crippen molar-refractivity contribution in [2.75, 3.05) is 10.6 Å². The number of H-pyrrole nitrogens is 1. The van der Waals surface area contributed by atoms with Crippen LogP contribution in [0, 0.1) is 0 Å². The van der Waals surface area contributed by atoms with Gasteiger partial charge in [0.05, 0.1) is 24.2 Å². The topological polar surface area (TPSA) is 182 Å². The van der Waals surface area contributed by atoms with Gasteiger partial charge in [-0.1, -0.05) is 65.8 Å². The fourth-order valence-electron chi connectivity index (χ4n) is 5.16. The van der Waals surface area contributed by atoms with Gasteiger partial charge in [-0.05, 0) is 47.2 Å². The summed E-state index contributed by atoms with van der Waals surface area (Å²) in [4.78, 5) is 54.6. The van der Waals surface area contributed by atoms with Crippen LogP contribution < -0.4 is 10.6 Å². The van der Waals surface area contributed by atoms with Crippen molar-refractivity contribution in [3.63, 3.8) is 0 Å². The monoisotopic (exact) mass is 654 g/mol. The van der Waals surface area contributed by atoms with E-state index >= 15 is 0 Å². The Bertz CT molecular complexity index is 1700. The SMILES string of the molecule is CC(C)(C)c1cc(-c2nc(-c3ccc(NC(=O)CCC(=O)O)cc3)c(-c3ccc(NC(=O)CCC(=O)O)cc3)[nH]2)cc(C(C)(C)C)c1O.